The Morgan fingerprint density at radius 1 is 1.32 bits per heavy atom. The number of amides is 1. The fourth-order valence-electron chi connectivity index (χ4n) is 1.65. The maximum Gasteiger partial charge on any atom is 0.335 e. The van der Waals surface area contributed by atoms with Gasteiger partial charge in [0.15, 0.2) is 0 Å². The number of rotatable bonds is 4. The van der Waals surface area contributed by atoms with E-state index in [2.05, 4.69) is 5.32 Å². The summed E-state index contributed by atoms with van der Waals surface area (Å²) in [6, 6.07) is 8.11. The van der Waals surface area contributed by atoms with Crippen LogP contribution in [-0.4, -0.2) is 17.0 Å². The molecule has 0 aliphatic carbocycles. The van der Waals surface area contributed by atoms with Gasteiger partial charge in [-0.3, -0.25) is 4.79 Å². The fraction of sp³-hybridized carbons (Fsp3) is 0.143. The van der Waals surface area contributed by atoms with Crippen LogP contribution in [-0.2, 0) is 4.79 Å². The summed E-state index contributed by atoms with van der Waals surface area (Å²) in [7, 11) is 0. The van der Waals surface area contributed by atoms with Gasteiger partial charge in [-0.05, 0) is 47.5 Å². The van der Waals surface area contributed by atoms with Crippen molar-refractivity contribution in [3.63, 3.8) is 0 Å². The number of carboxylic acids is 1. The van der Waals surface area contributed by atoms with E-state index in [0.717, 1.165) is 5.56 Å². The van der Waals surface area contributed by atoms with E-state index in [1.54, 1.807) is 23.5 Å². The lowest BCUT2D eigenvalue weighted by Gasteiger charge is -2.11. The Balaban J connectivity index is 2.11. The molecule has 1 aromatic carbocycles. The molecule has 0 fully saturated rings. The van der Waals surface area contributed by atoms with Crippen molar-refractivity contribution in [2.45, 2.75) is 12.8 Å². The monoisotopic (exact) mass is 275 g/mol. The molecule has 0 radical (unpaired) electrons. The van der Waals surface area contributed by atoms with Crippen LogP contribution < -0.4 is 5.32 Å². The van der Waals surface area contributed by atoms with E-state index >= 15 is 0 Å². The number of nitrogens with one attached hydrogen (secondary N) is 1. The first kappa shape index (κ1) is 13.3. The highest BCUT2D eigenvalue weighted by Crippen LogP contribution is 2.20. The molecule has 0 spiro atoms. The highest BCUT2D eigenvalue weighted by molar-refractivity contribution is 7.08. The van der Waals surface area contributed by atoms with Crippen LogP contribution in [0.25, 0.3) is 0 Å². The maximum absolute atomic E-state index is 12.0. The predicted molar refractivity (Wildman–Crippen MR) is 74.8 cm³/mol. The second-order valence-electron chi connectivity index (χ2n) is 4.15. The quantitative estimate of drug-likeness (QED) is 0.900. The van der Waals surface area contributed by atoms with Crippen LogP contribution in [0.2, 0.25) is 0 Å². The Morgan fingerprint density at radius 2 is 2.11 bits per heavy atom. The number of thiophene rings is 1. The minimum absolute atomic E-state index is 0.152. The normalized spacial score (nSPS) is 11.8. The van der Waals surface area contributed by atoms with Gasteiger partial charge in [-0.25, -0.2) is 4.79 Å². The molecule has 0 bridgehead atoms. The number of hydrogen-bond acceptors (Lipinski definition) is 3. The van der Waals surface area contributed by atoms with Gasteiger partial charge >= 0.3 is 5.97 Å². The van der Waals surface area contributed by atoms with Gasteiger partial charge in [0.25, 0.3) is 0 Å². The molecule has 98 valence electrons. The zero-order valence-electron chi connectivity index (χ0n) is 10.3. The SMILES string of the molecule is C[C@@H](C(=O)Nc1cccc(C(=O)O)c1)c1ccsc1. The molecule has 1 atom stereocenters. The number of carboxylic acid groups (broad SMARTS) is 1. The third-order valence-electron chi connectivity index (χ3n) is 2.81. The molecule has 19 heavy (non-hydrogen) atoms. The maximum atomic E-state index is 12.0. The molecule has 1 amide bonds. The van der Waals surface area contributed by atoms with Crippen LogP contribution in [0.1, 0.15) is 28.8 Å². The highest BCUT2D eigenvalue weighted by Gasteiger charge is 2.16. The van der Waals surface area contributed by atoms with Crippen molar-refractivity contribution in [2.75, 3.05) is 5.32 Å². The van der Waals surface area contributed by atoms with Gasteiger partial charge < -0.3 is 10.4 Å². The summed E-state index contributed by atoms with van der Waals surface area (Å²) in [6.45, 7) is 1.82. The Morgan fingerprint density at radius 3 is 2.74 bits per heavy atom. The van der Waals surface area contributed by atoms with Crippen molar-refractivity contribution < 1.29 is 14.7 Å². The molecule has 2 rings (SSSR count). The van der Waals surface area contributed by atoms with Crippen molar-refractivity contribution in [3.8, 4) is 0 Å². The van der Waals surface area contributed by atoms with E-state index in [0.29, 0.717) is 5.69 Å². The van der Waals surface area contributed by atoms with E-state index in [1.807, 2.05) is 23.8 Å². The molecule has 0 aliphatic rings. The predicted octanol–water partition coefficient (Wildman–Crippen LogP) is 3.19. The number of hydrogen-bond donors (Lipinski definition) is 2. The lowest BCUT2D eigenvalue weighted by Crippen LogP contribution is -2.18. The average Bonchev–Trinajstić information content (AvgIpc) is 2.92. The second kappa shape index (κ2) is 5.67. The molecule has 2 aromatic rings. The molecule has 0 saturated heterocycles. The summed E-state index contributed by atoms with van der Waals surface area (Å²) in [5.74, 6) is -1.43. The Bertz CT molecular complexity index is 592. The first-order valence-corrected chi connectivity index (χ1v) is 6.68. The summed E-state index contributed by atoms with van der Waals surface area (Å²) >= 11 is 1.54. The van der Waals surface area contributed by atoms with Gasteiger partial charge in [0, 0.05) is 5.69 Å². The van der Waals surface area contributed by atoms with Gasteiger partial charge in [0.05, 0.1) is 11.5 Å². The molecule has 4 nitrogen and oxygen atoms in total. The lowest BCUT2D eigenvalue weighted by molar-refractivity contribution is -0.117. The van der Waals surface area contributed by atoms with E-state index in [-0.39, 0.29) is 17.4 Å². The van der Waals surface area contributed by atoms with Crippen molar-refractivity contribution >= 4 is 28.9 Å². The zero-order valence-corrected chi connectivity index (χ0v) is 11.1. The van der Waals surface area contributed by atoms with Crippen molar-refractivity contribution in [1.29, 1.82) is 0 Å². The fourth-order valence-corrected chi connectivity index (χ4v) is 2.41. The van der Waals surface area contributed by atoms with Crippen molar-refractivity contribution in [1.82, 2.24) is 0 Å². The summed E-state index contributed by atoms with van der Waals surface area (Å²) in [4.78, 5) is 22.9. The molecule has 5 heteroatoms. The first-order chi connectivity index (χ1) is 9.08. The van der Waals surface area contributed by atoms with E-state index < -0.39 is 5.97 Å². The second-order valence-corrected chi connectivity index (χ2v) is 4.93. The van der Waals surface area contributed by atoms with Crippen LogP contribution in [0, 0.1) is 0 Å². The van der Waals surface area contributed by atoms with Crippen LogP contribution in [0.4, 0.5) is 5.69 Å². The van der Waals surface area contributed by atoms with Crippen molar-refractivity contribution in [3.05, 3.63) is 52.2 Å². The largest absolute Gasteiger partial charge is 0.478 e. The third kappa shape index (κ3) is 3.20. The number of carbonyl (C=O) groups is 2. The van der Waals surface area contributed by atoms with E-state index in [4.69, 9.17) is 5.11 Å². The standard InChI is InChI=1S/C14H13NO3S/c1-9(11-5-6-19-8-11)13(16)15-12-4-2-3-10(7-12)14(17)18/h2-9H,1H3,(H,15,16)(H,17,18)/t9-/m1/s1. The number of benzene rings is 1. The number of anilines is 1. The summed E-state index contributed by atoms with van der Waals surface area (Å²) < 4.78 is 0. The number of carbonyl (C=O) groups excluding carboxylic acids is 1. The summed E-state index contributed by atoms with van der Waals surface area (Å²) in [5, 5.41) is 15.5. The molecule has 0 aliphatic heterocycles. The molecule has 2 N–H and O–H groups in total. The Labute approximate surface area is 114 Å². The minimum atomic E-state index is -1.01. The Kier molecular flexibility index (Phi) is 3.97. The molecule has 1 aromatic heterocycles. The van der Waals surface area contributed by atoms with E-state index in [9.17, 15) is 9.59 Å². The third-order valence-corrected chi connectivity index (χ3v) is 3.51. The summed E-state index contributed by atoms with van der Waals surface area (Å²) in [6.07, 6.45) is 0. The van der Waals surface area contributed by atoms with Gasteiger partial charge in [-0.15, -0.1) is 0 Å². The highest BCUT2D eigenvalue weighted by atomic mass is 32.1. The Hall–Kier alpha value is -2.14. The van der Waals surface area contributed by atoms with Crippen LogP contribution in [0.15, 0.2) is 41.1 Å². The van der Waals surface area contributed by atoms with E-state index in [1.165, 1.54) is 12.1 Å². The number of aromatic carboxylic acids is 1. The first-order valence-electron chi connectivity index (χ1n) is 5.74. The lowest BCUT2D eigenvalue weighted by atomic mass is 10.0. The average molecular weight is 275 g/mol. The zero-order chi connectivity index (χ0) is 13.8. The minimum Gasteiger partial charge on any atom is -0.478 e. The molecule has 1 heterocycles. The van der Waals surface area contributed by atoms with Gasteiger partial charge in [0.2, 0.25) is 5.91 Å². The van der Waals surface area contributed by atoms with Crippen LogP contribution in [0.5, 0.6) is 0 Å². The topological polar surface area (TPSA) is 66.4 Å². The van der Waals surface area contributed by atoms with Gasteiger partial charge in [-0.2, -0.15) is 11.3 Å². The van der Waals surface area contributed by atoms with Crippen LogP contribution >= 0.6 is 11.3 Å². The van der Waals surface area contributed by atoms with Crippen molar-refractivity contribution in [2.24, 2.45) is 0 Å². The molecular formula is C14H13NO3S. The molecule has 0 saturated carbocycles. The summed E-state index contributed by atoms with van der Waals surface area (Å²) in [5.41, 5.74) is 1.60. The molecular weight excluding hydrogens is 262 g/mol. The van der Waals surface area contributed by atoms with Gasteiger partial charge in [-0.1, -0.05) is 6.07 Å². The smallest absolute Gasteiger partial charge is 0.335 e. The van der Waals surface area contributed by atoms with Gasteiger partial charge in [0.1, 0.15) is 0 Å². The molecule has 0 unspecified atom stereocenters. The van der Waals surface area contributed by atoms with Crippen LogP contribution in [0.3, 0.4) is 0 Å².